The molecule has 180 valence electrons. The van der Waals surface area contributed by atoms with E-state index in [-0.39, 0.29) is 30.7 Å². The Morgan fingerprint density at radius 2 is 1.69 bits per heavy atom. The third kappa shape index (κ3) is 3.64. The highest BCUT2D eigenvalue weighted by Gasteiger charge is 2.40. The molecular weight excluding hydrogens is 452 g/mol. The Morgan fingerprint density at radius 3 is 2.36 bits per heavy atom. The number of carbonyl (C=O) groups is 1. The summed E-state index contributed by atoms with van der Waals surface area (Å²) in [5.74, 6) is 0.569. The van der Waals surface area contributed by atoms with Crippen molar-refractivity contribution in [3.8, 4) is 22.9 Å². The van der Waals surface area contributed by atoms with Crippen LogP contribution in [0.15, 0.2) is 72.8 Å². The highest BCUT2D eigenvalue weighted by molar-refractivity contribution is 5.80. The SMILES string of the molecule is COc1cccc(C2=CC3COCC(C2)N3C(=O)OCC2c3ccccc3-c3ccccc32)c1C#N. The zero-order chi connectivity index (χ0) is 24.6. The first-order valence-corrected chi connectivity index (χ1v) is 12.2. The molecule has 1 aliphatic carbocycles. The van der Waals surface area contributed by atoms with Gasteiger partial charge in [0, 0.05) is 5.92 Å². The summed E-state index contributed by atoms with van der Waals surface area (Å²) in [4.78, 5) is 15.2. The normalized spacial score (nSPS) is 20.1. The van der Waals surface area contributed by atoms with Crippen LogP contribution < -0.4 is 4.74 Å². The molecular formula is C30H26N2O4. The van der Waals surface area contributed by atoms with E-state index in [1.165, 1.54) is 22.3 Å². The molecule has 36 heavy (non-hydrogen) atoms. The number of hydrogen-bond acceptors (Lipinski definition) is 5. The van der Waals surface area contributed by atoms with Crippen molar-refractivity contribution in [3.05, 3.63) is 95.1 Å². The van der Waals surface area contributed by atoms with Crippen molar-refractivity contribution in [2.45, 2.75) is 24.4 Å². The lowest BCUT2D eigenvalue weighted by molar-refractivity contribution is -0.0331. The molecule has 3 aliphatic rings. The number of carbonyl (C=O) groups excluding carboxylic acids is 1. The minimum atomic E-state index is -0.323. The first kappa shape index (κ1) is 22.4. The van der Waals surface area contributed by atoms with Crippen molar-refractivity contribution in [3.63, 3.8) is 0 Å². The quantitative estimate of drug-likeness (QED) is 0.504. The summed E-state index contributed by atoms with van der Waals surface area (Å²) in [6, 6.07) is 24.1. The molecule has 0 radical (unpaired) electrons. The van der Waals surface area contributed by atoms with Gasteiger partial charge in [0.2, 0.25) is 0 Å². The molecule has 1 fully saturated rings. The van der Waals surface area contributed by atoms with Crippen LogP contribution in [-0.2, 0) is 9.47 Å². The van der Waals surface area contributed by atoms with Gasteiger partial charge in [0.15, 0.2) is 0 Å². The van der Waals surface area contributed by atoms with Crippen molar-refractivity contribution < 1.29 is 19.0 Å². The van der Waals surface area contributed by atoms with Gasteiger partial charge in [-0.05, 0) is 45.9 Å². The predicted molar refractivity (Wildman–Crippen MR) is 136 cm³/mol. The van der Waals surface area contributed by atoms with E-state index in [1.54, 1.807) is 13.2 Å². The number of amides is 1. The van der Waals surface area contributed by atoms with Gasteiger partial charge in [-0.15, -0.1) is 0 Å². The van der Waals surface area contributed by atoms with E-state index in [0.717, 1.165) is 11.1 Å². The smallest absolute Gasteiger partial charge is 0.410 e. The Labute approximate surface area is 210 Å². The molecule has 6 heteroatoms. The summed E-state index contributed by atoms with van der Waals surface area (Å²) in [6.07, 6.45) is 2.30. The second kappa shape index (κ2) is 9.18. The van der Waals surface area contributed by atoms with Crippen molar-refractivity contribution in [2.75, 3.05) is 26.9 Å². The molecule has 0 N–H and O–H groups in total. The van der Waals surface area contributed by atoms with Gasteiger partial charge in [-0.1, -0.05) is 66.7 Å². The van der Waals surface area contributed by atoms with E-state index >= 15 is 0 Å². The van der Waals surface area contributed by atoms with E-state index in [0.29, 0.717) is 30.9 Å². The summed E-state index contributed by atoms with van der Waals surface area (Å²) >= 11 is 0. The van der Waals surface area contributed by atoms with Crippen LogP contribution in [0.25, 0.3) is 16.7 Å². The molecule has 0 aromatic heterocycles. The second-order valence-corrected chi connectivity index (χ2v) is 9.36. The number of benzene rings is 3. The van der Waals surface area contributed by atoms with Gasteiger partial charge in [-0.25, -0.2) is 4.79 Å². The maximum Gasteiger partial charge on any atom is 0.410 e. The lowest BCUT2D eigenvalue weighted by Crippen LogP contribution is -2.56. The fourth-order valence-corrected chi connectivity index (χ4v) is 5.83. The average molecular weight is 479 g/mol. The molecule has 0 saturated carbocycles. The molecule has 1 amide bonds. The van der Waals surface area contributed by atoms with E-state index in [9.17, 15) is 10.1 Å². The molecule has 1 saturated heterocycles. The number of rotatable bonds is 4. The Hall–Kier alpha value is -4.08. The maximum absolute atomic E-state index is 13.4. The van der Waals surface area contributed by atoms with E-state index < -0.39 is 0 Å². The van der Waals surface area contributed by atoms with Crippen LogP contribution in [0.5, 0.6) is 5.75 Å². The molecule has 3 aromatic carbocycles. The Bertz CT molecular complexity index is 1360. The topological polar surface area (TPSA) is 71.8 Å². The first-order valence-electron chi connectivity index (χ1n) is 12.2. The van der Waals surface area contributed by atoms with Crippen molar-refractivity contribution >= 4 is 11.7 Å². The number of morpholine rings is 1. The van der Waals surface area contributed by atoms with Crippen LogP contribution in [0.1, 0.15) is 34.6 Å². The Balaban J connectivity index is 1.24. The molecule has 2 unspecified atom stereocenters. The second-order valence-electron chi connectivity index (χ2n) is 9.36. The molecule has 6 nitrogen and oxygen atoms in total. The maximum atomic E-state index is 13.4. The van der Waals surface area contributed by atoms with Crippen LogP contribution in [-0.4, -0.2) is 50.0 Å². The van der Waals surface area contributed by atoms with Gasteiger partial charge >= 0.3 is 6.09 Å². The third-order valence-electron chi connectivity index (χ3n) is 7.45. The van der Waals surface area contributed by atoms with Crippen molar-refractivity contribution in [1.82, 2.24) is 4.90 Å². The molecule has 0 spiro atoms. The molecule has 2 heterocycles. The number of ether oxygens (including phenoxy) is 3. The number of hydrogen-bond donors (Lipinski definition) is 0. The first-order chi connectivity index (χ1) is 17.7. The molecule has 3 aromatic rings. The third-order valence-corrected chi connectivity index (χ3v) is 7.45. The van der Waals surface area contributed by atoms with Gasteiger partial charge in [0.25, 0.3) is 0 Å². The average Bonchev–Trinajstić information content (AvgIpc) is 3.24. The van der Waals surface area contributed by atoms with Crippen molar-refractivity contribution in [1.29, 1.82) is 5.26 Å². The van der Waals surface area contributed by atoms with Gasteiger partial charge in [0.1, 0.15) is 24.0 Å². The Kier molecular flexibility index (Phi) is 5.71. The largest absolute Gasteiger partial charge is 0.495 e. The van der Waals surface area contributed by atoms with Gasteiger partial charge in [-0.2, -0.15) is 5.26 Å². The van der Waals surface area contributed by atoms with Crippen molar-refractivity contribution in [2.24, 2.45) is 0 Å². The lowest BCUT2D eigenvalue weighted by atomic mass is 9.88. The zero-order valence-electron chi connectivity index (χ0n) is 20.0. The summed E-state index contributed by atoms with van der Waals surface area (Å²) in [5, 5.41) is 9.75. The molecule has 2 bridgehead atoms. The van der Waals surface area contributed by atoms with Gasteiger partial charge in [-0.3, -0.25) is 4.90 Å². The van der Waals surface area contributed by atoms with Gasteiger partial charge < -0.3 is 14.2 Å². The zero-order valence-corrected chi connectivity index (χ0v) is 20.0. The van der Waals surface area contributed by atoms with Crippen LogP contribution in [0.3, 0.4) is 0 Å². The van der Waals surface area contributed by atoms with Crippen LogP contribution >= 0.6 is 0 Å². The van der Waals surface area contributed by atoms with Gasteiger partial charge in [0.05, 0.1) is 32.4 Å². The summed E-state index contributed by atoms with van der Waals surface area (Å²) < 4.78 is 17.2. The summed E-state index contributed by atoms with van der Waals surface area (Å²) in [7, 11) is 1.57. The standard InChI is InChI=1S/C30H26N2O4/c1-34-29-12-6-11-22(27(29)15-31)19-13-20-16-35-17-21(14-19)32(20)30(33)36-18-28-25-9-4-2-7-23(25)24-8-3-5-10-26(24)28/h2-13,20-21,28H,14,16-18H2,1H3. The minimum Gasteiger partial charge on any atom is -0.495 e. The molecule has 2 aliphatic heterocycles. The number of methoxy groups -OCH3 is 1. The van der Waals surface area contributed by atoms with Crippen LogP contribution in [0.4, 0.5) is 4.79 Å². The summed E-state index contributed by atoms with van der Waals surface area (Å²) in [5.41, 5.74) is 7.19. The predicted octanol–water partition coefficient (Wildman–Crippen LogP) is 5.37. The number of fused-ring (bicyclic) bond motifs is 5. The minimum absolute atomic E-state index is 0.0169. The fraction of sp³-hybridized carbons (Fsp3) is 0.267. The fourth-order valence-electron chi connectivity index (χ4n) is 5.83. The molecule has 2 atom stereocenters. The monoisotopic (exact) mass is 478 g/mol. The lowest BCUT2D eigenvalue weighted by Gasteiger charge is -2.44. The van der Waals surface area contributed by atoms with E-state index in [2.05, 4.69) is 30.3 Å². The number of nitriles is 1. The van der Waals surface area contributed by atoms with Crippen LogP contribution in [0, 0.1) is 11.3 Å². The van der Waals surface area contributed by atoms with Crippen LogP contribution in [0.2, 0.25) is 0 Å². The van der Waals surface area contributed by atoms with E-state index in [4.69, 9.17) is 14.2 Å². The summed E-state index contributed by atoms with van der Waals surface area (Å²) in [6.45, 7) is 1.12. The molecule has 6 rings (SSSR count). The Morgan fingerprint density at radius 1 is 1.00 bits per heavy atom. The van der Waals surface area contributed by atoms with E-state index in [1.807, 2.05) is 47.4 Å². The highest BCUT2D eigenvalue weighted by atomic mass is 16.6. The highest BCUT2D eigenvalue weighted by Crippen LogP contribution is 2.45. The number of nitrogens with zero attached hydrogens (tertiary/aromatic N) is 2.